The molecule has 0 aliphatic rings. The number of hydrogen-bond acceptors (Lipinski definition) is 2. The molecule has 0 bridgehead atoms. The predicted molar refractivity (Wildman–Crippen MR) is 82.8 cm³/mol. The number of benzene rings is 2. The van der Waals surface area contributed by atoms with Crippen molar-refractivity contribution >= 4 is 0 Å². The van der Waals surface area contributed by atoms with Gasteiger partial charge in [-0.25, -0.2) is 5.11 Å². The van der Waals surface area contributed by atoms with Gasteiger partial charge in [0.25, 0.3) is 0 Å². The molecule has 0 aromatic heterocycles. The van der Waals surface area contributed by atoms with Crippen molar-refractivity contribution in [2.45, 2.75) is 38.3 Å². The van der Waals surface area contributed by atoms with Crippen LogP contribution in [0.2, 0.25) is 0 Å². The summed E-state index contributed by atoms with van der Waals surface area (Å²) < 4.78 is 73.1. The molecule has 1 radical (unpaired) electrons. The highest BCUT2D eigenvalue weighted by Gasteiger charge is 2.61. The van der Waals surface area contributed by atoms with Crippen molar-refractivity contribution in [3.63, 3.8) is 0 Å². The fourth-order valence-corrected chi connectivity index (χ4v) is 2.21. The summed E-state index contributed by atoms with van der Waals surface area (Å²) in [5.74, 6) is -0.617. The van der Waals surface area contributed by atoms with Crippen LogP contribution < -0.4 is 9.47 Å². The average molecular weight is 375 g/mol. The minimum atomic E-state index is -5.91. The van der Waals surface area contributed by atoms with Gasteiger partial charge in [0.05, 0.1) is 6.10 Å². The highest BCUT2D eigenvalue weighted by atomic mass is 19.4. The van der Waals surface area contributed by atoms with Crippen molar-refractivity contribution in [2.75, 3.05) is 0 Å². The van der Waals surface area contributed by atoms with Gasteiger partial charge in [-0.05, 0) is 26.0 Å². The van der Waals surface area contributed by atoms with Crippen LogP contribution >= 0.6 is 0 Å². The summed E-state index contributed by atoms with van der Waals surface area (Å²) in [6, 6.07) is 10.7. The number of hydrogen-bond donors (Lipinski definition) is 0. The Morgan fingerprint density at radius 1 is 0.808 bits per heavy atom. The Morgan fingerprint density at radius 2 is 1.27 bits per heavy atom. The molecule has 141 valence electrons. The first-order valence-corrected chi connectivity index (χ1v) is 7.67. The summed E-state index contributed by atoms with van der Waals surface area (Å²) in [5, 5.41) is 12.8. The van der Waals surface area contributed by atoms with E-state index in [-0.39, 0.29) is 23.0 Å². The molecule has 0 aliphatic heterocycles. The molecule has 8 heteroatoms. The van der Waals surface area contributed by atoms with E-state index < -0.39 is 24.1 Å². The maximum absolute atomic E-state index is 13.2. The predicted octanol–water partition coefficient (Wildman–Crippen LogP) is 5.53. The molecule has 0 saturated heterocycles. The maximum Gasteiger partial charge on any atom is 0.499 e. The van der Waals surface area contributed by atoms with Crippen LogP contribution in [0.15, 0.2) is 48.5 Å². The van der Waals surface area contributed by atoms with Gasteiger partial charge in [-0.1, -0.05) is 36.4 Å². The van der Waals surface area contributed by atoms with E-state index in [1.807, 2.05) is 0 Å². The summed E-state index contributed by atoms with van der Waals surface area (Å²) in [6.07, 6.45) is -13.4. The van der Waals surface area contributed by atoms with Crippen LogP contribution in [0.1, 0.15) is 31.1 Å². The molecule has 0 saturated carbocycles. The van der Waals surface area contributed by atoms with Crippen molar-refractivity contribution in [1.29, 1.82) is 0 Å². The van der Waals surface area contributed by atoms with E-state index in [9.17, 15) is 27.1 Å². The zero-order valence-electron chi connectivity index (χ0n) is 13.9. The van der Waals surface area contributed by atoms with E-state index >= 15 is 0 Å². The van der Waals surface area contributed by atoms with E-state index in [1.165, 1.54) is 24.3 Å². The van der Waals surface area contributed by atoms with Crippen molar-refractivity contribution < 1.29 is 36.5 Å². The highest BCUT2D eigenvalue weighted by molar-refractivity contribution is 5.45. The molecular formula is C18H16F5O3. The first kappa shape index (κ1) is 20.0. The van der Waals surface area contributed by atoms with Gasteiger partial charge in [-0.3, -0.25) is 0 Å². The van der Waals surface area contributed by atoms with Gasteiger partial charge >= 0.3 is 12.3 Å². The molecule has 0 amide bonds. The van der Waals surface area contributed by atoms with Crippen LogP contribution in [-0.2, 0) is 5.11 Å². The second-order valence-corrected chi connectivity index (χ2v) is 5.74. The Morgan fingerprint density at radius 3 is 1.77 bits per heavy atom. The summed E-state index contributed by atoms with van der Waals surface area (Å²) in [5.41, 5.74) is -0.246. The minimum absolute atomic E-state index is 0.104. The number of ether oxygens (including phenoxy) is 2. The smallest absolute Gasteiger partial charge is 0.491 e. The molecule has 2 rings (SSSR count). The Bertz CT molecular complexity index is 744. The zero-order chi connectivity index (χ0) is 19.5. The topological polar surface area (TPSA) is 38.4 Å². The fourth-order valence-electron chi connectivity index (χ4n) is 2.21. The van der Waals surface area contributed by atoms with E-state index in [2.05, 4.69) is 4.74 Å². The molecule has 0 spiro atoms. The molecule has 1 unspecified atom stereocenters. The second-order valence-electron chi connectivity index (χ2n) is 5.74. The first-order valence-electron chi connectivity index (χ1n) is 7.67. The number of alkyl halides is 5. The van der Waals surface area contributed by atoms with Crippen LogP contribution in [0.5, 0.6) is 11.5 Å². The quantitative estimate of drug-likeness (QED) is 0.623. The zero-order valence-corrected chi connectivity index (χ0v) is 13.9. The first-order chi connectivity index (χ1) is 12.0. The molecule has 0 fully saturated rings. The van der Waals surface area contributed by atoms with Crippen LogP contribution in [0.3, 0.4) is 0 Å². The number of halogens is 5. The third-order valence-electron chi connectivity index (χ3n) is 3.33. The molecule has 3 nitrogen and oxygen atoms in total. The third-order valence-corrected chi connectivity index (χ3v) is 3.33. The Hall–Kier alpha value is -2.35. The molecule has 1 atom stereocenters. The normalized spacial score (nSPS) is 13.6. The maximum atomic E-state index is 13.2. The molecule has 0 N–H and O–H groups in total. The van der Waals surface area contributed by atoms with Crippen LogP contribution in [0.25, 0.3) is 0 Å². The Labute approximate surface area is 147 Å². The Kier molecular flexibility index (Phi) is 5.75. The van der Waals surface area contributed by atoms with Crippen molar-refractivity contribution in [3.8, 4) is 11.5 Å². The lowest BCUT2D eigenvalue weighted by atomic mass is 9.99. The lowest BCUT2D eigenvalue weighted by Crippen LogP contribution is -2.42. The fraction of sp³-hybridized carbons (Fsp3) is 0.333. The summed E-state index contributed by atoms with van der Waals surface area (Å²) in [4.78, 5) is 0. The summed E-state index contributed by atoms with van der Waals surface area (Å²) >= 11 is 0. The molecule has 0 heterocycles. The van der Waals surface area contributed by atoms with E-state index in [1.54, 1.807) is 26.0 Å². The number of rotatable bonds is 6. The van der Waals surface area contributed by atoms with Crippen LogP contribution in [0, 0.1) is 0 Å². The van der Waals surface area contributed by atoms with Crippen molar-refractivity contribution in [2.24, 2.45) is 0 Å². The van der Waals surface area contributed by atoms with E-state index in [0.29, 0.717) is 0 Å². The summed E-state index contributed by atoms with van der Waals surface area (Å²) in [7, 11) is 0. The van der Waals surface area contributed by atoms with Crippen molar-refractivity contribution in [3.05, 3.63) is 59.7 Å². The lowest BCUT2D eigenvalue weighted by Gasteiger charge is -2.23. The minimum Gasteiger partial charge on any atom is -0.491 e. The molecular weight excluding hydrogens is 359 g/mol. The van der Waals surface area contributed by atoms with Gasteiger partial charge in [0, 0.05) is 11.1 Å². The van der Waals surface area contributed by atoms with E-state index in [4.69, 9.17) is 4.74 Å². The highest BCUT2D eigenvalue weighted by Crippen LogP contribution is 2.41. The van der Waals surface area contributed by atoms with E-state index in [0.717, 1.165) is 12.1 Å². The molecule has 26 heavy (non-hydrogen) atoms. The average Bonchev–Trinajstić information content (AvgIpc) is 2.53. The second kappa shape index (κ2) is 7.49. The van der Waals surface area contributed by atoms with Gasteiger partial charge in [0.2, 0.25) is 0 Å². The Balaban J connectivity index is 2.42. The standard InChI is InChI=1S/C18H16F5O3/c1-11(2)25-14-9-5-3-7-12(14)16(24)13-8-4-6-10-15(13)26-18(22,23)17(19,20)21/h3-11,16H,1-2H3. The third kappa shape index (κ3) is 4.43. The van der Waals surface area contributed by atoms with Gasteiger partial charge in [-0.15, -0.1) is 0 Å². The molecule has 0 aliphatic carbocycles. The van der Waals surface area contributed by atoms with Crippen molar-refractivity contribution in [1.82, 2.24) is 0 Å². The number of para-hydroxylation sites is 2. The summed E-state index contributed by atoms with van der Waals surface area (Å²) in [6.45, 7) is 3.47. The lowest BCUT2D eigenvalue weighted by molar-refractivity contribution is -0.360. The SMILES string of the molecule is CC(C)Oc1ccccc1C([O])c1ccccc1OC(F)(F)C(F)(F)F. The monoisotopic (exact) mass is 375 g/mol. The van der Waals surface area contributed by atoms with Crippen LogP contribution in [0.4, 0.5) is 22.0 Å². The van der Waals surface area contributed by atoms with Gasteiger partial charge < -0.3 is 9.47 Å². The molecule has 2 aromatic rings. The van der Waals surface area contributed by atoms with Gasteiger partial charge in [-0.2, -0.15) is 22.0 Å². The van der Waals surface area contributed by atoms with Gasteiger partial charge in [0.1, 0.15) is 11.5 Å². The van der Waals surface area contributed by atoms with Gasteiger partial charge in [0.15, 0.2) is 6.10 Å². The molecule has 2 aromatic carbocycles. The largest absolute Gasteiger partial charge is 0.499 e. The van der Waals surface area contributed by atoms with Crippen LogP contribution in [-0.4, -0.2) is 18.4 Å².